The van der Waals surface area contributed by atoms with Gasteiger partial charge in [0.05, 0.1) is 4.90 Å². The molecule has 0 saturated carbocycles. The first-order valence-corrected chi connectivity index (χ1v) is 12.3. The minimum atomic E-state index is -3.97. The van der Waals surface area contributed by atoms with Crippen LogP contribution in [0.3, 0.4) is 0 Å². The van der Waals surface area contributed by atoms with E-state index in [2.05, 4.69) is 15.3 Å². The molecule has 36 heavy (non-hydrogen) atoms. The molecule has 3 aromatic rings. The highest BCUT2D eigenvalue weighted by Crippen LogP contribution is 2.26. The molecule has 0 fully saturated rings. The molecule has 2 N–H and O–H groups in total. The Morgan fingerprint density at radius 1 is 1.00 bits per heavy atom. The molecule has 0 radical (unpaired) electrons. The highest BCUT2D eigenvalue weighted by atomic mass is 32.2. The highest BCUT2D eigenvalue weighted by molar-refractivity contribution is 7.92. The molecule has 0 aliphatic carbocycles. The summed E-state index contributed by atoms with van der Waals surface area (Å²) >= 11 is 0. The van der Waals surface area contributed by atoms with Gasteiger partial charge in [-0.3, -0.25) is 0 Å². The summed E-state index contributed by atoms with van der Waals surface area (Å²) in [7, 11) is 0.478. The van der Waals surface area contributed by atoms with E-state index in [0.29, 0.717) is 11.3 Å². The van der Waals surface area contributed by atoms with Crippen molar-refractivity contribution in [2.75, 3.05) is 30.8 Å². The maximum absolute atomic E-state index is 13.1. The van der Waals surface area contributed by atoms with Gasteiger partial charge in [-0.25, -0.2) is 32.3 Å². The van der Waals surface area contributed by atoms with Crippen molar-refractivity contribution in [1.29, 1.82) is 0 Å². The van der Waals surface area contributed by atoms with Crippen LogP contribution in [0.15, 0.2) is 65.8 Å². The summed E-state index contributed by atoms with van der Waals surface area (Å²) in [5.74, 6) is -0.898. The molecular formula is C24H27N5O6S. The Morgan fingerprint density at radius 2 is 1.61 bits per heavy atom. The third-order valence-corrected chi connectivity index (χ3v) is 6.96. The Morgan fingerprint density at radius 3 is 2.19 bits per heavy atom. The molecule has 0 aliphatic heterocycles. The van der Waals surface area contributed by atoms with Crippen molar-refractivity contribution in [2.24, 2.45) is 0 Å². The van der Waals surface area contributed by atoms with E-state index in [4.69, 9.17) is 4.74 Å². The fraction of sp³-hybridized carbons (Fsp3) is 0.250. The second-order valence-corrected chi connectivity index (χ2v) is 10.1. The van der Waals surface area contributed by atoms with E-state index in [9.17, 15) is 23.1 Å². The zero-order chi connectivity index (χ0) is 26.5. The summed E-state index contributed by atoms with van der Waals surface area (Å²) in [5, 5.41) is 12.6. The second kappa shape index (κ2) is 11.0. The number of carboxylic acid groups (broad SMARTS) is 1. The lowest BCUT2D eigenvalue weighted by Gasteiger charge is -2.23. The predicted molar refractivity (Wildman–Crippen MR) is 134 cm³/mol. The average molecular weight is 514 g/mol. The van der Waals surface area contributed by atoms with Gasteiger partial charge in [0.25, 0.3) is 10.0 Å². The van der Waals surface area contributed by atoms with Gasteiger partial charge in [0, 0.05) is 40.0 Å². The Bertz CT molecular complexity index is 1330. The molecule has 0 bridgehead atoms. The number of hydrogen-bond acceptors (Lipinski definition) is 8. The zero-order valence-corrected chi connectivity index (χ0v) is 21.1. The lowest BCUT2D eigenvalue weighted by atomic mass is 10.1. The van der Waals surface area contributed by atoms with Gasteiger partial charge in [-0.15, -0.1) is 0 Å². The first-order chi connectivity index (χ1) is 17.0. The maximum atomic E-state index is 13.1. The second-order valence-electron chi connectivity index (χ2n) is 8.16. The van der Waals surface area contributed by atoms with E-state index in [1.165, 1.54) is 36.5 Å². The van der Waals surface area contributed by atoms with Crippen molar-refractivity contribution >= 4 is 33.7 Å². The van der Waals surface area contributed by atoms with Gasteiger partial charge in [-0.05, 0) is 36.8 Å². The van der Waals surface area contributed by atoms with Crippen LogP contribution in [0.2, 0.25) is 0 Å². The highest BCUT2D eigenvalue weighted by Gasteiger charge is 2.27. The fourth-order valence-electron chi connectivity index (χ4n) is 3.13. The van der Waals surface area contributed by atoms with E-state index in [0.717, 1.165) is 9.87 Å². The Labute approximate surface area is 209 Å². The largest absolute Gasteiger partial charge is 0.480 e. The Balaban J connectivity index is 1.81. The van der Waals surface area contributed by atoms with Crippen LogP contribution >= 0.6 is 0 Å². The van der Waals surface area contributed by atoms with Crippen LogP contribution in [0.25, 0.3) is 0 Å². The van der Waals surface area contributed by atoms with Gasteiger partial charge in [-0.2, -0.15) is 0 Å². The molecule has 0 spiro atoms. The maximum Gasteiger partial charge on any atom is 0.414 e. The number of aliphatic carboxylic acids is 1. The zero-order valence-electron chi connectivity index (χ0n) is 20.2. The summed E-state index contributed by atoms with van der Waals surface area (Å²) in [6.45, 7) is 1.85. The number of rotatable bonds is 9. The minimum Gasteiger partial charge on any atom is -0.480 e. The van der Waals surface area contributed by atoms with E-state index >= 15 is 0 Å². The predicted octanol–water partition coefficient (Wildman–Crippen LogP) is 2.78. The van der Waals surface area contributed by atoms with Crippen molar-refractivity contribution < 1.29 is 27.9 Å². The van der Waals surface area contributed by atoms with Gasteiger partial charge in [0.2, 0.25) is 0 Å². The third kappa shape index (κ3) is 6.27. The monoisotopic (exact) mass is 513 g/mol. The quantitative estimate of drug-likeness (QED) is 0.442. The number of ether oxygens (including phenoxy) is 1. The molecule has 0 saturated heterocycles. The van der Waals surface area contributed by atoms with Gasteiger partial charge < -0.3 is 20.1 Å². The molecule has 1 atom stereocenters. The molecule has 190 valence electrons. The van der Waals surface area contributed by atoms with Crippen LogP contribution in [0.4, 0.5) is 16.4 Å². The van der Waals surface area contributed by atoms with Crippen LogP contribution in [0.5, 0.6) is 5.75 Å². The van der Waals surface area contributed by atoms with Crippen LogP contribution in [0, 0.1) is 6.92 Å². The van der Waals surface area contributed by atoms with Crippen molar-refractivity contribution in [1.82, 2.24) is 14.9 Å². The minimum absolute atomic E-state index is 0.000352. The van der Waals surface area contributed by atoms with Crippen molar-refractivity contribution in [3.63, 3.8) is 0 Å². The molecule has 1 aromatic heterocycles. The summed E-state index contributed by atoms with van der Waals surface area (Å²) in [6.07, 6.45) is 2.17. The fourth-order valence-corrected chi connectivity index (χ4v) is 4.29. The summed E-state index contributed by atoms with van der Waals surface area (Å²) in [5.41, 5.74) is 1.55. The number of sulfonamides is 1. The number of carboxylic acids is 1. The topological polar surface area (TPSA) is 142 Å². The van der Waals surface area contributed by atoms with Crippen LogP contribution in [0.1, 0.15) is 11.1 Å². The first kappa shape index (κ1) is 26.4. The van der Waals surface area contributed by atoms with E-state index in [1.54, 1.807) is 50.5 Å². The van der Waals surface area contributed by atoms with Gasteiger partial charge in [-0.1, -0.05) is 29.8 Å². The Kier molecular flexibility index (Phi) is 8.10. The number of hydrogen-bond donors (Lipinski definition) is 2. The third-order valence-electron chi connectivity index (χ3n) is 5.20. The number of carbonyl (C=O) groups is 2. The van der Waals surface area contributed by atoms with Crippen LogP contribution in [-0.4, -0.2) is 67.6 Å². The van der Waals surface area contributed by atoms with Crippen molar-refractivity contribution in [3.05, 3.63) is 72.1 Å². The molecule has 0 aliphatic rings. The van der Waals surface area contributed by atoms with Crippen molar-refractivity contribution in [3.8, 4) is 5.75 Å². The number of benzene rings is 2. The normalized spacial score (nSPS) is 11.9. The number of nitrogens with zero attached hydrogens (tertiary/aromatic N) is 4. The SMILES string of the molecule is Cc1ccc(S(=O)(=O)N(C)c2nccnc2N[C@@H](Cc2ccc(OC(=O)N(C)C)cc2)C(=O)O)cc1. The molecule has 11 nitrogen and oxygen atoms in total. The lowest BCUT2D eigenvalue weighted by molar-refractivity contribution is -0.137. The van der Waals surface area contributed by atoms with Crippen LogP contribution in [-0.2, 0) is 21.2 Å². The molecular weight excluding hydrogens is 486 g/mol. The Hall–Kier alpha value is -4.19. The first-order valence-electron chi connectivity index (χ1n) is 10.8. The average Bonchev–Trinajstić information content (AvgIpc) is 2.84. The lowest BCUT2D eigenvalue weighted by Crippen LogP contribution is -2.34. The summed E-state index contributed by atoms with van der Waals surface area (Å²) in [4.78, 5) is 33.3. The number of carbonyl (C=O) groups excluding carboxylic acids is 1. The van der Waals surface area contributed by atoms with Gasteiger partial charge in [0.15, 0.2) is 11.6 Å². The number of anilines is 2. The smallest absolute Gasteiger partial charge is 0.414 e. The molecule has 0 unspecified atom stereocenters. The van der Waals surface area contributed by atoms with E-state index in [-0.39, 0.29) is 23.0 Å². The number of amides is 1. The number of nitrogens with one attached hydrogen (secondary N) is 1. The summed E-state index contributed by atoms with van der Waals surface area (Å²) in [6, 6.07) is 11.6. The van der Waals surface area contributed by atoms with Crippen molar-refractivity contribution in [2.45, 2.75) is 24.3 Å². The number of aryl methyl sites for hydroxylation is 1. The number of aromatic nitrogens is 2. The molecule has 1 heterocycles. The molecule has 2 aromatic carbocycles. The van der Waals surface area contributed by atoms with Crippen LogP contribution < -0.4 is 14.4 Å². The van der Waals surface area contributed by atoms with Gasteiger partial charge in [0.1, 0.15) is 11.8 Å². The molecule has 12 heteroatoms. The standard InChI is InChI=1S/C24H27N5O6S/c1-16-5-11-19(12-6-16)36(33,34)29(4)22-21(25-13-14-26-22)27-20(23(30)31)15-17-7-9-18(10-8-17)35-24(32)28(2)3/h5-14,20H,15H2,1-4H3,(H,25,27)(H,30,31)/t20-/m0/s1. The summed E-state index contributed by atoms with van der Waals surface area (Å²) < 4.78 is 32.4. The molecule has 3 rings (SSSR count). The van der Waals surface area contributed by atoms with E-state index < -0.39 is 28.1 Å². The van der Waals surface area contributed by atoms with Gasteiger partial charge >= 0.3 is 12.1 Å². The van der Waals surface area contributed by atoms with E-state index in [1.807, 2.05) is 6.92 Å². The molecule has 1 amide bonds.